The van der Waals surface area contributed by atoms with Gasteiger partial charge in [-0.2, -0.15) is 0 Å². The molecule has 0 aliphatic rings. The zero-order valence-corrected chi connectivity index (χ0v) is 8.59. The van der Waals surface area contributed by atoms with Gasteiger partial charge in [-0.1, -0.05) is 13.8 Å². The molecule has 0 radical (unpaired) electrons. The molecule has 0 aliphatic carbocycles. The first-order valence-electron chi connectivity index (χ1n) is 4.31. The molecule has 0 bridgehead atoms. The fourth-order valence-corrected chi connectivity index (χ4v) is 0.362. The van der Waals surface area contributed by atoms with Crippen LogP contribution in [0.1, 0.15) is 33.6 Å². The van der Waals surface area contributed by atoms with Gasteiger partial charge in [0.25, 0.3) is 0 Å². The van der Waals surface area contributed by atoms with E-state index in [-0.39, 0.29) is 0 Å². The lowest BCUT2D eigenvalue weighted by Crippen LogP contribution is -2.06. The maximum Gasteiger partial charge on any atom is 0.120 e. The van der Waals surface area contributed by atoms with Gasteiger partial charge in [0.05, 0.1) is 0 Å². The summed E-state index contributed by atoms with van der Waals surface area (Å²) in [6.45, 7) is 6.39. The summed E-state index contributed by atoms with van der Waals surface area (Å²) in [4.78, 5) is 18.5. The highest BCUT2D eigenvalue weighted by Gasteiger charge is 1.78. The SMILES string of the molecule is CC.CC=O.CNCCCC=O. The molecule has 0 aromatic rings. The first kappa shape index (κ1) is 17.4. The average Bonchev–Trinajstić information content (AvgIpc) is 2.11. The lowest BCUT2D eigenvalue weighted by Gasteiger charge is -1.89. The molecule has 0 saturated heterocycles. The van der Waals surface area contributed by atoms with Crippen LogP contribution in [0.4, 0.5) is 0 Å². The second kappa shape index (κ2) is 31.7. The number of hydrogen-bond acceptors (Lipinski definition) is 3. The molecule has 0 aromatic heterocycles. The Morgan fingerprint density at radius 2 is 1.67 bits per heavy atom. The molecule has 1 N–H and O–H groups in total. The van der Waals surface area contributed by atoms with Gasteiger partial charge in [-0.25, -0.2) is 0 Å². The summed E-state index contributed by atoms with van der Waals surface area (Å²) in [7, 11) is 1.88. The number of rotatable bonds is 4. The average molecular weight is 175 g/mol. The van der Waals surface area contributed by atoms with Crippen molar-refractivity contribution >= 4 is 12.6 Å². The number of carbonyl (C=O) groups is 2. The molecule has 0 rings (SSSR count). The second-order valence-electron chi connectivity index (χ2n) is 1.65. The van der Waals surface area contributed by atoms with Crippen molar-refractivity contribution in [2.24, 2.45) is 0 Å². The van der Waals surface area contributed by atoms with Crippen LogP contribution in [0.25, 0.3) is 0 Å². The van der Waals surface area contributed by atoms with Gasteiger partial charge < -0.3 is 14.9 Å². The largest absolute Gasteiger partial charge is 0.320 e. The number of unbranched alkanes of at least 4 members (excludes halogenated alkanes) is 1. The molecule has 0 amide bonds. The van der Waals surface area contributed by atoms with E-state index < -0.39 is 0 Å². The molecule has 3 nitrogen and oxygen atoms in total. The monoisotopic (exact) mass is 175 g/mol. The van der Waals surface area contributed by atoms with Gasteiger partial charge in [0.15, 0.2) is 0 Å². The first-order chi connectivity index (χ1) is 5.83. The standard InChI is InChI=1S/C5H11NO.C2H4O.C2H6/c1-6-4-2-3-5-7;1-2-3;1-2/h5-6H,2-4H2,1H3;2H,1H3;1-2H3. The second-order valence-corrected chi connectivity index (χ2v) is 1.65. The van der Waals surface area contributed by atoms with Gasteiger partial charge in [0.2, 0.25) is 0 Å². The van der Waals surface area contributed by atoms with Crippen molar-refractivity contribution < 1.29 is 9.59 Å². The molecule has 74 valence electrons. The van der Waals surface area contributed by atoms with Gasteiger partial charge in [-0.05, 0) is 26.9 Å². The molecule has 0 aromatic carbocycles. The van der Waals surface area contributed by atoms with Crippen LogP contribution >= 0.6 is 0 Å². The van der Waals surface area contributed by atoms with Crippen LogP contribution in [-0.4, -0.2) is 26.2 Å². The highest BCUT2D eigenvalue weighted by atomic mass is 16.1. The van der Waals surface area contributed by atoms with Crippen molar-refractivity contribution in [2.45, 2.75) is 33.6 Å². The van der Waals surface area contributed by atoms with Crippen LogP contribution < -0.4 is 5.32 Å². The minimum absolute atomic E-state index is 0.681. The molecule has 0 heterocycles. The number of hydrogen-bond donors (Lipinski definition) is 1. The third-order valence-corrected chi connectivity index (χ3v) is 0.749. The minimum Gasteiger partial charge on any atom is -0.320 e. The predicted molar refractivity (Wildman–Crippen MR) is 52.3 cm³/mol. The molecule has 0 unspecified atom stereocenters. The fraction of sp³-hybridized carbons (Fsp3) is 0.778. The van der Waals surface area contributed by atoms with Crippen LogP contribution in [-0.2, 0) is 9.59 Å². The fourth-order valence-electron chi connectivity index (χ4n) is 0.362. The van der Waals surface area contributed by atoms with Crippen molar-refractivity contribution in [1.29, 1.82) is 0 Å². The van der Waals surface area contributed by atoms with Crippen LogP contribution in [0.15, 0.2) is 0 Å². The van der Waals surface area contributed by atoms with Gasteiger partial charge in [-0.3, -0.25) is 0 Å². The summed E-state index contributed by atoms with van der Waals surface area (Å²) in [5.74, 6) is 0. The molecule has 0 atom stereocenters. The lowest BCUT2D eigenvalue weighted by molar-refractivity contribution is -0.108. The van der Waals surface area contributed by atoms with Gasteiger partial charge >= 0.3 is 0 Å². The summed E-state index contributed by atoms with van der Waals surface area (Å²) in [5.41, 5.74) is 0. The number of aldehydes is 2. The molecule has 0 fully saturated rings. The minimum atomic E-state index is 0.681. The lowest BCUT2D eigenvalue weighted by atomic mass is 10.3. The third kappa shape index (κ3) is 58.8. The molecule has 0 spiro atoms. The molecule has 0 aliphatic heterocycles. The molecular weight excluding hydrogens is 154 g/mol. The van der Waals surface area contributed by atoms with Gasteiger partial charge in [-0.15, -0.1) is 0 Å². The van der Waals surface area contributed by atoms with E-state index in [1.54, 1.807) is 0 Å². The van der Waals surface area contributed by atoms with E-state index >= 15 is 0 Å². The van der Waals surface area contributed by atoms with Crippen molar-refractivity contribution in [3.8, 4) is 0 Å². The summed E-state index contributed by atoms with van der Waals surface area (Å²) >= 11 is 0. The molecule has 12 heavy (non-hydrogen) atoms. The number of nitrogens with one attached hydrogen (secondary N) is 1. The number of carbonyl (C=O) groups excluding carboxylic acids is 2. The zero-order chi connectivity index (χ0) is 10.2. The van der Waals surface area contributed by atoms with E-state index in [0.717, 1.165) is 25.5 Å². The Morgan fingerprint density at radius 1 is 1.25 bits per heavy atom. The normalized spacial score (nSPS) is 6.67. The first-order valence-corrected chi connectivity index (χ1v) is 4.31. The van der Waals surface area contributed by atoms with E-state index in [1.807, 2.05) is 20.9 Å². The molecule has 0 saturated carbocycles. The Hall–Kier alpha value is -0.700. The van der Waals surface area contributed by atoms with Crippen LogP contribution in [0.3, 0.4) is 0 Å². The Kier molecular flexibility index (Phi) is 46.0. The van der Waals surface area contributed by atoms with Crippen molar-refractivity contribution in [3.63, 3.8) is 0 Å². The maximum atomic E-state index is 9.65. The van der Waals surface area contributed by atoms with E-state index in [1.165, 1.54) is 6.92 Å². The van der Waals surface area contributed by atoms with Crippen molar-refractivity contribution in [2.75, 3.05) is 13.6 Å². The van der Waals surface area contributed by atoms with E-state index in [9.17, 15) is 4.79 Å². The summed E-state index contributed by atoms with van der Waals surface area (Å²) in [6.07, 6.45) is 3.33. The zero-order valence-electron chi connectivity index (χ0n) is 8.59. The van der Waals surface area contributed by atoms with E-state index in [0.29, 0.717) is 6.42 Å². The van der Waals surface area contributed by atoms with Crippen LogP contribution in [0.5, 0.6) is 0 Å². The van der Waals surface area contributed by atoms with Crippen LogP contribution in [0, 0.1) is 0 Å². The quantitative estimate of drug-likeness (QED) is 0.519. The maximum absolute atomic E-state index is 9.65. The molecule has 3 heteroatoms. The van der Waals surface area contributed by atoms with Crippen molar-refractivity contribution in [1.82, 2.24) is 5.32 Å². The van der Waals surface area contributed by atoms with Gasteiger partial charge in [0, 0.05) is 6.42 Å². The smallest absolute Gasteiger partial charge is 0.120 e. The Bertz CT molecular complexity index is 74.9. The Morgan fingerprint density at radius 3 is 1.92 bits per heavy atom. The summed E-state index contributed by atoms with van der Waals surface area (Å²) < 4.78 is 0. The Labute approximate surface area is 75.5 Å². The summed E-state index contributed by atoms with van der Waals surface area (Å²) in [5, 5.41) is 2.94. The van der Waals surface area contributed by atoms with Gasteiger partial charge in [0.1, 0.15) is 12.6 Å². The van der Waals surface area contributed by atoms with Crippen molar-refractivity contribution in [3.05, 3.63) is 0 Å². The topological polar surface area (TPSA) is 46.2 Å². The summed E-state index contributed by atoms with van der Waals surface area (Å²) in [6, 6.07) is 0. The molecular formula is C9H21NO2. The highest BCUT2D eigenvalue weighted by molar-refractivity contribution is 5.48. The highest BCUT2D eigenvalue weighted by Crippen LogP contribution is 1.77. The Balaban J connectivity index is -0.000000137. The third-order valence-electron chi connectivity index (χ3n) is 0.749. The van der Waals surface area contributed by atoms with E-state index in [4.69, 9.17) is 4.79 Å². The van der Waals surface area contributed by atoms with E-state index in [2.05, 4.69) is 5.32 Å². The van der Waals surface area contributed by atoms with Crippen LogP contribution in [0.2, 0.25) is 0 Å². The predicted octanol–water partition coefficient (Wildman–Crippen LogP) is 1.42.